The molecule has 0 spiro atoms. The van der Waals surface area contributed by atoms with Gasteiger partial charge in [0.1, 0.15) is 18.4 Å². The van der Waals surface area contributed by atoms with E-state index in [1.807, 2.05) is 60.7 Å². The molecular formula is C57H70N7O7+. The Hall–Kier alpha value is -6.87. The maximum absolute atomic E-state index is 13.9. The summed E-state index contributed by atoms with van der Waals surface area (Å²) in [5.74, 6) is -1.57. The van der Waals surface area contributed by atoms with Crippen molar-refractivity contribution in [3.05, 3.63) is 160 Å². The third-order valence-electron chi connectivity index (χ3n) is 12.9. The lowest BCUT2D eigenvalue weighted by molar-refractivity contribution is -0.710. The minimum absolute atomic E-state index is 0.0428. The standard InChI is InChI=1S/C57H69N7O7/c1-41-36-44(19-20-45-38-48-16-10-27-63-28-11-17-49(39-45)54(48)63)37-42(2)64(41)29-31-70-33-35-71-34-32-69-30-25-52(66)62-57(58)59-26-9-18-51(55(67)60-40-43-21-23-50(65)24-22-43)61-56(68)53(46-12-5-3-6-13-46)47-14-7-4-8-15-47/h3-8,12-15,19-24,36-39,51,53H,9-11,16-18,25-35,40H2,1-2H3,(H5-,58,59,60,61,62,65,66,67,68)/p+1/t51-/m1/s1. The van der Waals surface area contributed by atoms with Gasteiger partial charge in [0.15, 0.2) is 23.9 Å². The predicted molar refractivity (Wildman–Crippen MR) is 278 cm³/mol. The average Bonchev–Trinajstić information content (AvgIpc) is 3.37. The molecular weight excluding hydrogens is 895 g/mol. The monoisotopic (exact) mass is 965 g/mol. The van der Waals surface area contributed by atoms with Crippen LogP contribution in [-0.4, -0.2) is 94.1 Å². The van der Waals surface area contributed by atoms with Gasteiger partial charge in [-0.05, 0) is 102 Å². The summed E-state index contributed by atoms with van der Waals surface area (Å²) < 4.78 is 19.4. The van der Waals surface area contributed by atoms with Crippen molar-refractivity contribution in [2.45, 2.75) is 83.8 Å². The summed E-state index contributed by atoms with van der Waals surface area (Å²) in [5.41, 5.74) is 17.8. The fourth-order valence-electron chi connectivity index (χ4n) is 9.36. The minimum Gasteiger partial charge on any atom is -0.508 e. The second-order valence-electron chi connectivity index (χ2n) is 18.2. The average molecular weight is 965 g/mol. The highest BCUT2D eigenvalue weighted by Crippen LogP contribution is 2.36. The van der Waals surface area contributed by atoms with Crippen molar-refractivity contribution in [1.29, 1.82) is 0 Å². The Bertz CT molecular complexity index is 2490. The Balaban J connectivity index is 0.762. The summed E-state index contributed by atoms with van der Waals surface area (Å²) in [6.07, 6.45) is 10.1. The van der Waals surface area contributed by atoms with Crippen LogP contribution >= 0.6 is 0 Å². The number of hydrogen-bond acceptors (Lipinski definition) is 9. The molecule has 0 aliphatic carbocycles. The molecule has 3 heterocycles. The number of guanidine groups is 1. The van der Waals surface area contributed by atoms with Gasteiger partial charge < -0.3 is 40.6 Å². The van der Waals surface area contributed by atoms with Gasteiger partial charge in [-0.2, -0.15) is 4.57 Å². The summed E-state index contributed by atoms with van der Waals surface area (Å²) in [4.78, 5) is 46.9. The van der Waals surface area contributed by atoms with E-state index in [9.17, 15) is 19.5 Å². The number of hydrogen-bond donors (Lipinski definition) is 5. The number of rotatable bonds is 25. The molecule has 71 heavy (non-hydrogen) atoms. The maximum Gasteiger partial charge on any atom is 0.242 e. The van der Waals surface area contributed by atoms with Gasteiger partial charge in [-0.1, -0.05) is 84.9 Å². The highest BCUT2D eigenvalue weighted by molar-refractivity contribution is 5.96. The highest BCUT2D eigenvalue weighted by atomic mass is 16.5. The van der Waals surface area contributed by atoms with Crippen molar-refractivity contribution in [3.8, 4) is 5.75 Å². The largest absolute Gasteiger partial charge is 0.508 e. The summed E-state index contributed by atoms with van der Waals surface area (Å²) in [6, 6.07) is 33.7. The molecule has 14 heteroatoms. The topological polar surface area (TPSA) is 181 Å². The van der Waals surface area contributed by atoms with Crippen molar-refractivity contribution < 1.29 is 38.3 Å². The van der Waals surface area contributed by atoms with Crippen LogP contribution in [0.2, 0.25) is 0 Å². The Labute approximate surface area is 418 Å². The van der Waals surface area contributed by atoms with Gasteiger partial charge in [0.25, 0.3) is 0 Å². The van der Waals surface area contributed by atoms with Crippen LogP contribution < -0.4 is 31.2 Å². The number of nitrogens with zero attached hydrogens (tertiary/aromatic N) is 3. The first-order valence-electron chi connectivity index (χ1n) is 25.0. The third kappa shape index (κ3) is 15.8. The first-order valence-corrected chi connectivity index (χ1v) is 25.0. The van der Waals surface area contributed by atoms with Crippen molar-refractivity contribution in [2.24, 2.45) is 10.7 Å². The van der Waals surface area contributed by atoms with Gasteiger partial charge >= 0.3 is 0 Å². The van der Waals surface area contributed by atoms with Crippen LogP contribution in [0.5, 0.6) is 5.75 Å². The number of aromatic nitrogens is 1. The molecule has 1 atom stereocenters. The number of anilines is 1. The Morgan fingerprint density at radius 1 is 0.746 bits per heavy atom. The molecule has 2 aliphatic rings. The van der Waals surface area contributed by atoms with Crippen LogP contribution in [0, 0.1) is 13.8 Å². The molecule has 0 fully saturated rings. The number of carbonyl (C=O) groups excluding carboxylic acids is 3. The first-order chi connectivity index (χ1) is 34.6. The number of nitrogens with two attached hydrogens (primary N) is 1. The van der Waals surface area contributed by atoms with Crippen molar-refractivity contribution in [1.82, 2.24) is 16.0 Å². The molecule has 0 saturated carbocycles. The molecule has 0 unspecified atom stereocenters. The number of nitrogens with one attached hydrogen (secondary N) is 3. The van der Waals surface area contributed by atoms with Gasteiger partial charge in [0, 0.05) is 57.8 Å². The fourth-order valence-corrected chi connectivity index (χ4v) is 9.36. The Morgan fingerprint density at radius 2 is 1.31 bits per heavy atom. The van der Waals surface area contributed by atoms with E-state index in [0.29, 0.717) is 39.5 Å². The second-order valence-corrected chi connectivity index (χ2v) is 18.2. The van der Waals surface area contributed by atoms with Crippen LogP contribution in [0.15, 0.2) is 114 Å². The van der Waals surface area contributed by atoms with E-state index in [4.69, 9.17) is 19.9 Å². The van der Waals surface area contributed by atoms with E-state index in [1.54, 1.807) is 24.3 Å². The molecule has 1 aromatic heterocycles. The summed E-state index contributed by atoms with van der Waals surface area (Å²) in [5, 5.41) is 18.1. The van der Waals surface area contributed by atoms with Crippen molar-refractivity contribution in [2.75, 3.05) is 64.2 Å². The number of benzene rings is 4. The van der Waals surface area contributed by atoms with Gasteiger partial charge in [0.2, 0.25) is 17.7 Å². The molecule has 374 valence electrons. The van der Waals surface area contributed by atoms with Crippen molar-refractivity contribution in [3.63, 3.8) is 0 Å². The molecule has 0 saturated heterocycles. The van der Waals surface area contributed by atoms with E-state index < -0.39 is 12.0 Å². The van der Waals surface area contributed by atoms with Crippen LogP contribution in [0.25, 0.3) is 12.2 Å². The summed E-state index contributed by atoms with van der Waals surface area (Å²) >= 11 is 0. The number of pyridine rings is 1. The molecule has 5 aromatic rings. The molecule has 4 aromatic carbocycles. The van der Waals surface area contributed by atoms with Gasteiger partial charge in [-0.25, -0.2) is 0 Å². The second kappa shape index (κ2) is 26.9. The van der Waals surface area contributed by atoms with Gasteiger partial charge in [-0.15, -0.1) is 0 Å². The van der Waals surface area contributed by atoms with Crippen molar-refractivity contribution >= 4 is 41.5 Å². The summed E-state index contributed by atoms with van der Waals surface area (Å²) in [7, 11) is 0. The molecule has 2 aliphatic heterocycles. The van der Waals surface area contributed by atoms with Crippen LogP contribution in [0.3, 0.4) is 0 Å². The predicted octanol–water partition coefficient (Wildman–Crippen LogP) is 6.45. The lowest BCUT2D eigenvalue weighted by Crippen LogP contribution is -2.48. The van der Waals surface area contributed by atoms with Gasteiger partial charge in [0.05, 0.1) is 45.4 Å². The number of phenolic OH excluding ortho intramolecular Hbond substituents is 1. The smallest absolute Gasteiger partial charge is 0.242 e. The van der Waals surface area contributed by atoms with E-state index in [1.165, 1.54) is 78.1 Å². The highest BCUT2D eigenvalue weighted by Gasteiger charge is 2.28. The number of amides is 3. The zero-order chi connectivity index (χ0) is 49.8. The Kier molecular flexibility index (Phi) is 19.7. The molecule has 14 nitrogen and oxygen atoms in total. The Morgan fingerprint density at radius 3 is 1.92 bits per heavy atom. The minimum atomic E-state index is -0.881. The number of aryl methyl sites for hydroxylation is 4. The molecule has 6 N–H and O–H groups in total. The number of carbonyl (C=O) groups is 3. The zero-order valence-electron chi connectivity index (χ0n) is 41.2. The number of aliphatic imine (C=N–C) groups is 1. The van der Waals surface area contributed by atoms with Crippen LogP contribution in [0.4, 0.5) is 5.69 Å². The van der Waals surface area contributed by atoms with Crippen LogP contribution in [-0.2, 0) is 54.5 Å². The molecule has 0 bridgehead atoms. The molecule has 7 rings (SSSR count). The lowest BCUT2D eigenvalue weighted by atomic mass is 9.90. The quantitative estimate of drug-likeness (QED) is 0.0190. The number of ether oxygens (including phenoxy) is 3. The lowest BCUT2D eigenvalue weighted by Gasteiger charge is -2.37. The number of phenols is 1. The van der Waals surface area contributed by atoms with Gasteiger partial charge in [-0.3, -0.25) is 24.7 Å². The zero-order valence-corrected chi connectivity index (χ0v) is 41.2. The van der Waals surface area contributed by atoms with E-state index in [0.717, 1.165) is 23.2 Å². The molecule has 0 radical (unpaired) electrons. The molecule has 3 amide bonds. The van der Waals surface area contributed by atoms with E-state index in [-0.39, 0.29) is 62.0 Å². The van der Waals surface area contributed by atoms with E-state index >= 15 is 0 Å². The first kappa shape index (κ1) is 52.0. The SMILES string of the molecule is Cc1cc(/C=C/c2cc3c4c(c2)CCCN4CCC3)cc(C)[n+]1CCOCCOCCOCCC(=O)NC(N)=NCCC[C@@H](NC(=O)C(c1ccccc1)c1ccccc1)C(=O)NCc1ccc(O)cc1. The fraction of sp³-hybridized carbons (Fsp3) is 0.386. The summed E-state index contributed by atoms with van der Waals surface area (Å²) in [6.45, 7) is 10.2. The van der Waals surface area contributed by atoms with Crippen LogP contribution in [0.1, 0.15) is 88.4 Å². The normalized spacial score (nSPS) is 13.8. The maximum atomic E-state index is 13.9. The number of aromatic hydroxyl groups is 1. The van der Waals surface area contributed by atoms with E-state index in [2.05, 4.69) is 80.7 Å². The third-order valence-corrected chi connectivity index (χ3v) is 12.9.